The summed E-state index contributed by atoms with van der Waals surface area (Å²) < 4.78 is 10.2. The first-order chi connectivity index (χ1) is 9.17. The molecule has 100 valence electrons. The van der Waals surface area contributed by atoms with Crippen molar-refractivity contribution in [3.8, 4) is 5.75 Å². The van der Waals surface area contributed by atoms with Crippen LogP contribution in [-0.4, -0.2) is 24.7 Å². The Bertz CT molecular complexity index is 613. The third-order valence-corrected chi connectivity index (χ3v) is 3.06. The van der Waals surface area contributed by atoms with Crippen LogP contribution in [0.15, 0.2) is 24.4 Å². The fraction of sp³-hybridized carbons (Fsp3) is 0.286. The van der Waals surface area contributed by atoms with E-state index in [1.807, 2.05) is 19.1 Å². The number of hydrogen-bond acceptors (Lipinski definition) is 4. The van der Waals surface area contributed by atoms with E-state index in [4.69, 9.17) is 16.3 Å². The zero-order valence-corrected chi connectivity index (χ0v) is 11.5. The van der Waals surface area contributed by atoms with Crippen molar-refractivity contribution in [2.45, 2.75) is 13.3 Å². The molecule has 0 aliphatic rings. The fourth-order valence-electron chi connectivity index (χ4n) is 1.70. The summed E-state index contributed by atoms with van der Waals surface area (Å²) in [6, 6.07) is 5.43. The normalized spacial score (nSPS) is 10.5. The molecule has 1 aromatic carbocycles. The third-order valence-electron chi connectivity index (χ3n) is 2.65. The molecule has 19 heavy (non-hydrogen) atoms. The summed E-state index contributed by atoms with van der Waals surface area (Å²) in [7, 11) is 1.31. The van der Waals surface area contributed by atoms with Crippen molar-refractivity contribution in [1.29, 1.82) is 0 Å². The zero-order valence-electron chi connectivity index (χ0n) is 10.8. The number of carbonyl (C=O) groups is 1. The molecule has 0 aliphatic carbocycles. The van der Waals surface area contributed by atoms with Crippen LogP contribution in [-0.2, 0) is 4.74 Å². The minimum absolute atomic E-state index is 0.254. The maximum atomic E-state index is 11.6. The molecule has 0 N–H and O–H groups in total. The lowest BCUT2D eigenvalue weighted by Gasteiger charge is -2.08. The number of nitrogens with zero attached hydrogens (tertiary/aromatic N) is 1. The molecule has 1 heterocycles. The van der Waals surface area contributed by atoms with Crippen LogP contribution in [0.4, 0.5) is 0 Å². The van der Waals surface area contributed by atoms with Gasteiger partial charge in [0.1, 0.15) is 5.75 Å². The van der Waals surface area contributed by atoms with Crippen molar-refractivity contribution < 1.29 is 14.3 Å². The lowest BCUT2D eigenvalue weighted by atomic mass is 10.1. The van der Waals surface area contributed by atoms with Crippen molar-refractivity contribution in [3.63, 3.8) is 0 Å². The summed E-state index contributed by atoms with van der Waals surface area (Å²) in [5.74, 6) is 0.208. The molecular formula is C14H14ClNO3. The van der Waals surface area contributed by atoms with Gasteiger partial charge < -0.3 is 9.47 Å². The summed E-state index contributed by atoms with van der Waals surface area (Å²) in [5, 5.41) is 1.01. The number of fused-ring (bicyclic) bond motifs is 1. The Morgan fingerprint density at radius 1 is 1.42 bits per heavy atom. The quantitative estimate of drug-likeness (QED) is 0.804. The molecule has 0 saturated heterocycles. The van der Waals surface area contributed by atoms with Gasteiger partial charge >= 0.3 is 5.97 Å². The van der Waals surface area contributed by atoms with E-state index >= 15 is 0 Å². The number of ether oxygens (including phenoxy) is 2. The number of carbonyl (C=O) groups excluding carboxylic acids is 1. The van der Waals surface area contributed by atoms with Gasteiger partial charge in [-0.15, -0.1) is 0 Å². The SMILES string of the molecule is CCCOc1ccc2ncc(C(=O)OC)c(Cl)c2c1. The number of pyridine rings is 1. The molecule has 0 fully saturated rings. The standard InChI is InChI=1S/C14H14ClNO3/c1-3-6-19-9-4-5-12-10(7-9)13(15)11(8-16-12)14(17)18-2/h4-5,7-8H,3,6H2,1-2H3. The van der Waals surface area contributed by atoms with Crippen molar-refractivity contribution in [2.24, 2.45) is 0 Å². The molecule has 0 bridgehead atoms. The summed E-state index contributed by atoms with van der Waals surface area (Å²) in [5.41, 5.74) is 0.964. The number of rotatable bonds is 4. The highest BCUT2D eigenvalue weighted by Crippen LogP contribution is 2.29. The summed E-state index contributed by atoms with van der Waals surface area (Å²) in [6.07, 6.45) is 2.34. The second-order valence-electron chi connectivity index (χ2n) is 4.00. The molecule has 2 rings (SSSR count). The molecule has 0 saturated carbocycles. The molecule has 1 aromatic heterocycles. The Kier molecular flexibility index (Phi) is 4.22. The first kappa shape index (κ1) is 13.6. The van der Waals surface area contributed by atoms with Crippen LogP contribution in [0.3, 0.4) is 0 Å². The molecule has 0 amide bonds. The van der Waals surface area contributed by atoms with Crippen molar-refractivity contribution in [1.82, 2.24) is 4.98 Å². The molecule has 0 unspecified atom stereocenters. The summed E-state index contributed by atoms with van der Waals surface area (Å²) in [6.45, 7) is 2.66. The van der Waals surface area contributed by atoms with Crippen molar-refractivity contribution in [2.75, 3.05) is 13.7 Å². The van der Waals surface area contributed by atoms with Crippen LogP contribution in [0.2, 0.25) is 5.02 Å². The lowest BCUT2D eigenvalue weighted by molar-refractivity contribution is 0.0600. The van der Waals surface area contributed by atoms with E-state index in [9.17, 15) is 4.79 Å². The number of halogens is 1. The van der Waals surface area contributed by atoms with E-state index in [2.05, 4.69) is 9.72 Å². The van der Waals surface area contributed by atoms with Crippen LogP contribution in [0.25, 0.3) is 10.9 Å². The number of aromatic nitrogens is 1. The molecule has 0 aliphatic heterocycles. The van der Waals surface area contributed by atoms with Gasteiger partial charge in [-0.2, -0.15) is 0 Å². The Hall–Kier alpha value is -1.81. The van der Waals surface area contributed by atoms with Gasteiger partial charge in [0.25, 0.3) is 0 Å². The highest BCUT2D eigenvalue weighted by molar-refractivity contribution is 6.38. The van der Waals surface area contributed by atoms with E-state index in [0.717, 1.165) is 6.42 Å². The summed E-state index contributed by atoms with van der Waals surface area (Å²) in [4.78, 5) is 15.7. The van der Waals surface area contributed by atoms with Crippen LogP contribution in [0.5, 0.6) is 5.75 Å². The average Bonchev–Trinajstić information content (AvgIpc) is 2.45. The third kappa shape index (κ3) is 2.79. The van der Waals surface area contributed by atoms with E-state index in [1.165, 1.54) is 13.3 Å². The highest BCUT2D eigenvalue weighted by atomic mass is 35.5. The maximum Gasteiger partial charge on any atom is 0.340 e. The van der Waals surface area contributed by atoms with E-state index in [0.29, 0.717) is 28.3 Å². The number of esters is 1. The van der Waals surface area contributed by atoms with E-state index in [-0.39, 0.29) is 5.56 Å². The molecule has 5 heteroatoms. The molecule has 0 atom stereocenters. The number of hydrogen-bond donors (Lipinski definition) is 0. The maximum absolute atomic E-state index is 11.6. The van der Waals surface area contributed by atoms with Gasteiger partial charge in [-0.25, -0.2) is 4.79 Å². The smallest absolute Gasteiger partial charge is 0.340 e. The average molecular weight is 280 g/mol. The van der Waals surface area contributed by atoms with Gasteiger partial charge in [0.15, 0.2) is 0 Å². The van der Waals surface area contributed by atoms with E-state index < -0.39 is 5.97 Å². The van der Waals surface area contributed by atoms with Gasteiger partial charge in [-0.1, -0.05) is 18.5 Å². The van der Waals surface area contributed by atoms with Crippen molar-refractivity contribution in [3.05, 3.63) is 35.0 Å². The predicted octanol–water partition coefficient (Wildman–Crippen LogP) is 3.46. The van der Waals surface area contributed by atoms with Gasteiger partial charge in [-0.05, 0) is 24.6 Å². The molecule has 0 spiro atoms. The molecule has 4 nitrogen and oxygen atoms in total. The van der Waals surface area contributed by atoms with Crippen LogP contribution < -0.4 is 4.74 Å². The Morgan fingerprint density at radius 3 is 2.89 bits per heavy atom. The van der Waals surface area contributed by atoms with Gasteiger partial charge in [0.2, 0.25) is 0 Å². The zero-order chi connectivity index (χ0) is 13.8. The topological polar surface area (TPSA) is 48.4 Å². The van der Waals surface area contributed by atoms with Crippen molar-refractivity contribution >= 4 is 28.5 Å². The largest absolute Gasteiger partial charge is 0.494 e. The van der Waals surface area contributed by atoms with E-state index in [1.54, 1.807) is 6.07 Å². The second-order valence-corrected chi connectivity index (χ2v) is 4.38. The van der Waals surface area contributed by atoms with Crippen LogP contribution in [0.1, 0.15) is 23.7 Å². The number of benzene rings is 1. The Labute approximate surface area is 116 Å². The monoisotopic (exact) mass is 279 g/mol. The molecular weight excluding hydrogens is 266 g/mol. The fourth-order valence-corrected chi connectivity index (χ4v) is 1.98. The first-order valence-electron chi connectivity index (χ1n) is 5.96. The predicted molar refractivity (Wildman–Crippen MR) is 73.9 cm³/mol. The first-order valence-corrected chi connectivity index (χ1v) is 6.34. The minimum Gasteiger partial charge on any atom is -0.494 e. The van der Waals surface area contributed by atoms with Gasteiger partial charge in [0.05, 0.1) is 29.8 Å². The summed E-state index contributed by atoms with van der Waals surface area (Å²) >= 11 is 6.22. The van der Waals surface area contributed by atoms with Crippen LogP contribution in [0, 0.1) is 0 Å². The van der Waals surface area contributed by atoms with Gasteiger partial charge in [-0.3, -0.25) is 4.98 Å². The minimum atomic E-state index is -0.501. The Balaban J connectivity index is 2.49. The number of methoxy groups -OCH3 is 1. The highest BCUT2D eigenvalue weighted by Gasteiger charge is 2.14. The molecule has 2 aromatic rings. The molecule has 0 radical (unpaired) electrons. The Morgan fingerprint density at radius 2 is 2.21 bits per heavy atom. The lowest BCUT2D eigenvalue weighted by Crippen LogP contribution is -2.03. The van der Waals surface area contributed by atoms with Crippen LogP contribution >= 0.6 is 11.6 Å². The van der Waals surface area contributed by atoms with Gasteiger partial charge in [0, 0.05) is 11.6 Å². The second kappa shape index (κ2) is 5.89.